The summed E-state index contributed by atoms with van der Waals surface area (Å²) in [7, 11) is 0. The van der Waals surface area contributed by atoms with Crippen LogP contribution < -0.4 is 0 Å². The molecule has 3 atom stereocenters. The van der Waals surface area contributed by atoms with E-state index in [1.165, 1.54) is 11.1 Å². The first-order valence-corrected chi connectivity index (χ1v) is 10.4. The highest BCUT2D eigenvalue weighted by Gasteiger charge is 2.44. The smallest absolute Gasteiger partial charge is 0.169 e. The van der Waals surface area contributed by atoms with Gasteiger partial charge in [0.25, 0.3) is 0 Å². The van der Waals surface area contributed by atoms with Gasteiger partial charge in [0.1, 0.15) is 0 Å². The molecular formula is C24H30O4. The second-order valence-corrected chi connectivity index (χ2v) is 7.82. The number of rotatable bonds is 8. The summed E-state index contributed by atoms with van der Waals surface area (Å²) < 4.78 is 24.5. The van der Waals surface area contributed by atoms with Crippen molar-refractivity contribution in [1.82, 2.24) is 0 Å². The fourth-order valence-electron chi connectivity index (χ4n) is 4.09. The topological polar surface area (TPSA) is 36.9 Å². The molecule has 0 amide bonds. The van der Waals surface area contributed by atoms with E-state index in [-0.39, 0.29) is 12.2 Å². The normalized spacial score (nSPS) is 27.3. The highest BCUT2D eigenvalue weighted by Crippen LogP contribution is 2.40. The van der Waals surface area contributed by atoms with Crippen LogP contribution in [0.4, 0.5) is 0 Å². The Hall–Kier alpha value is -1.72. The molecule has 150 valence electrons. The number of ether oxygens (including phenoxy) is 4. The van der Waals surface area contributed by atoms with Gasteiger partial charge in [-0.1, -0.05) is 60.7 Å². The molecule has 2 fully saturated rings. The summed E-state index contributed by atoms with van der Waals surface area (Å²) in [4.78, 5) is 0. The molecule has 0 aromatic heterocycles. The van der Waals surface area contributed by atoms with Gasteiger partial charge in [-0.3, -0.25) is 0 Å². The molecule has 4 rings (SSSR count). The average molecular weight is 382 g/mol. The molecule has 0 radical (unpaired) electrons. The number of hydrogen-bond donors (Lipinski definition) is 0. The van der Waals surface area contributed by atoms with Gasteiger partial charge in [-0.2, -0.15) is 0 Å². The van der Waals surface area contributed by atoms with Crippen LogP contribution in [-0.2, 0) is 32.2 Å². The minimum atomic E-state index is -0.431. The number of benzene rings is 2. The SMILES string of the molecule is c1ccc(COC[C@@H]2CCC[C@@]3(CC[C@@H](COCc4ccccc4)O3)O2)cc1. The third-order valence-electron chi connectivity index (χ3n) is 5.52. The lowest BCUT2D eigenvalue weighted by atomic mass is 9.99. The Morgan fingerprint density at radius 3 is 1.82 bits per heavy atom. The van der Waals surface area contributed by atoms with E-state index in [2.05, 4.69) is 24.3 Å². The maximum Gasteiger partial charge on any atom is 0.169 e. The van der Waals surface area contributed by atoms with Crippen LogP contribution in [0.3, 0.4) is 0 Å². The fraction of sp³-hybridized carbons (Fsp3) is 0.500. The Kier molecular flexibility index (Phi) is 6.76. The van der Waals surface area contributed by atoms with Crippen molar-refractivity contribution in [2.75, 3.05) is 13.2 Å². The monoisotopic (exact) mass is 382 g/mol. The van der Waals surface area contributed by atoms with Crippen LogP contribution >= 0.6 is 0 Å². The molecule has 0 unspecified atom stereocenters. The van der Waals surface area contributed by atoms with Gasteiger partial charge < -0.3 is 18.9 Å². The molecule has 2 aliphatic heterocycles. The molecule has 4 heteroatoms. The predicted octanol–water partition coefficient (Wildman–Crippen LogP) is 4.86. The molecule has 2 heterocycles. The molecule has 2 aliphatic rings. The Morgan fingerprint density at radius 2 is 1.25 bits per heavy atom. The van der Waals surface area contributed by atoms with Gasteiger partial charge in [-0.25, -0.2) is 0 Å². The van der Waals surface area contributed by atoms with E-state index in [9.17, 15) is 0 Å². The third kappa shape index (κ3) is 5.42. The molecule has 4 nitrogen and oxygen atoms in total. The maximum absolute atomic E-state index is 6.36. The van der Waals surface area contributed by atoms with Gasteiger partial charge in [0.05, 0.1) is 38.6 Å². The molecule has 28 heavy (non-hydrogen) atoms. The van der Waals surface area contributed by atoms with Crippen molar-refractivity contribution in [3.8, 4) is 0 Å². The minimum absolute atomic E-state index is 0.112. The van der Waals surface area contributed by atoms with Crippen LogP contribution in [0.2, 0.25) is 0 Å². The standard InChI is InChI=1S/C24H30O4/c1-3-8-20(9-4-1)16-25-18-22-12-7-14-24(27-22)15-13-23(28-24)19-26-17-21-10-5-2-6-11-21/h1-6,8-11,22-23H,7,12-19H2/t22-,23-,24+/m0/s1. The average Bonchev–Trinajstić information content (AvgIpc) is 3.11. The van der Waals surface area contributed by atoms with Gasteiger partial charge in [0.2, 0.25) is 0 Å². The maximum atomic E-state index is 6.36. The van der Waals surface area contributed by atoms with Crippen molar-refractivity contribution in [3.63, 3.8) is 0 Å². The summed E-state index contributed by atoms with van der Waals surface area (Å²) in [5, 5.41) is 0. The Balaban J connectivity index is 1.19. The second kappa shape index (κ2) is 9.66. The highest BCUT2D eigenvalue weighted by atomic mass is 16.7. The van der Waals surface area contributed by atoms with Crippen molar-refractivity contribution in [3.05, 3.63) is 71.8 Å². The van der Waals surface area contributed by atoms with Gasteiger partial charge >= 0.3 is 0 Å². The lowest BCUT2D eigenvalue weighted by Crippen LogP contribution is -2.42. The lowest BCUT2D eigenvalue weighted by molar-refractivity contribution is -0.280. The summed E-state index contributed by atoms with van der Waals surface area (Å²) in [6.45, 7) is 2.50. The van der Waals surface area contributed by atoms with Gasteiger partial charge in [-0.15, -0.1) is 0 Å². The molecule has 1 spiro atoms. The number of hydrogen-bond acceptors (Lipinski definition) is 4. The highest BCUT2D eigenvalue weighted by molar-refractivity contribution is 5.14. The van der Waals surface area contributed by atoms with E-state index < -0.39 is 5.79 Å². The first kappa shape index (κ1) is 19.6. The Morgan fingerprint density at radius 1 is 0.714 bits per heavy atom. The summed E-state index contributed by atoms with van der Waals surface area (Å²) in [5.41, 5.74) is 2.39. The van der Waals surface area contributed by atoms with Crippen LogP contribution in [0.25, 0.3) is 0 Å². The van der Waals surface area contributed by atoms with Crippen LogP contribution in [0, 0.1) is 0 Å². The molecule has 0 aliphatic carbocycles. The van der Waals surface area contributed by atoms with Gasteiger partial charge in [0.15, 0.2) is 5.79 Å². The summed E-state index contributed by atoms with van der Waals surface area (Å²) in [6.07, 6.45) is 5.30. The molecular weight excluding hydrogens is 352 g/mol. The zero-order valence-corrected chi connectivity index (χ0v) is 16.4. The van der Waals surface area contributed by atoms with E-state index >= 15 is 0 Å². The predicted molar refractivity (Wildman–Crippen MR) is 108 cm³/mol. The van der Waals surface area contributed by atoms with Crippen LogP contribution in [0.1, 0.15) is 43.2 Å². The van der Waals surface area contributed by atoms with Gasteiger partial charge in [-0.05, 0) is 30.4 Å². The van der Waals surface area contributed by atoms with Crippen molar-refractivity contribution in [1.29, 1.82) is 0 Å². The lowest BCUT2D eigenvalue weighted by Gasteiger charge is -2.38. The Bertz CT molecular complexity index is 705. The molecule has 2 aromatic rings. The second-order valence-electron chi connectivity index (χ2n) is 7.82. The largest absolute Gasteiger partial charge is 0.374 e. The first-order valence-electron chi connectivity index (χ1n) is 10.4. The molecule has 2 saturated heterocycles. The molecule has 0 saturated carbocycles. The van der Waals surface area contributed by atoms with Crippen molar-refractivity contribution in [2.45, 2.75) is 63.3 Å². The van der Waals surface area contributed by atoms with Crippen LogP contribution in [0.5, 0.6) is 0 Å². The van der Waals surface area contributed by atoms with Crippen molar-refractivity contribution >= 4 is 0 Å². The van der Waals surface area contributed by atoms with Crippen LogP contribution in [0.15, 0.2) is 60.7 Å². The minimum Gasteiger partial charge on any atom is -0.374 e. The van der Waals surface area contributed by atoms with E-state index in [1.54, 1.807) is 0 Å². The van der Waals surface area contributed by atoms with E-state index in [0.29, 0.717) is 26.4 Å². The van der Waals surface area contributed by atoms with Crippen molar-refractivity contribution in [2.24, 2.45) is 0 Å². The molecule has 2 aromatic carbocycles. The molecule has 0 bridgehead atoms. The fourth-order valence-corrected chi connectivity index (χ4v) is 4.09. The van der Waals surface area contributed by atoms with E-state index in [4.69, 9.17) is 18.9 Å². The third-order valence-corrected chi connectivity index (χ3v) is 5.52. The zero-order chi connectivity index (χ0) is 19.1. The van der Waals surface area contributed by atoms with Crippen LogP contribution in [-0.4, -0.2) is 31.2 Å². The van der Waals surface area contributed by atoms with Gasteiger partial charge in [0, 0.05) is 12.8 Å². The zero-order valence-electron chi connectivity index (χ0n) is 16.4. The van der Waals surface area contributed by atoms with E-state index in [1.807, 2.05) is 36.4 Å². The van der Waals surface area contributed by atoms with Crippen molar-refractivity contribution < 1.29 is 18.9 Å². The molecule has 0 N–H and O–H groups in total. The quantitative estimate of drug-likeness (QED) is 0.653. The first-order chi connectivity index (χ1) is 13.8. The van der Waals surface area contributed by atoms with E-state index in [0.717, 1.165) is 32.1 Å². The Labute approximate surface area is 167 Å². The summed E-state index contributed by atoms with van der Waals surface area (Å²) in [5.74, 6) is -0.431. The summed E-state index contributed by atoms with van der Waals surface area (Å²) >= 11 is 0. The summed E-state index contributed by atoms with van der Waals surface area (Å²) in [6, 6.07) is 20.5.